The first-order valence-electron chi connectivity index (χ1n) is 8.29. The summed E-state index contributed by atoms with van der Waals surface area (Å²) in [5, 5.41) is 3.69. The smallest absolute Gasteiger partial charge is 0.118 e. The van der Waals surface area contributed by atoms with Crippen LogP contribution in [-0.2, 0) is 6.54 Å². The minimum Gasteiger partial charge on any atom is -0.497 e. The molecule has 0 aliphatic heterocycles. The van der Waals surface area contributed by atoms with Crippen LogP contribution < -0.4 is 10.1 Å². The van der Waals surface area contributed by atoms with Gasteiger partial charge in [0.2, 0.25) is 0 Å². The summed E-state index contributed by atoms with van der Waals surface area (Å²) in [6.07, 6.45) is 6.53. The summed E-state index contributed by atoms with van der Waals surface area (Å²) in [7, 11) is 3.98. The fraction of sp³-hybridized carbons (Fsp3) is 0.667. The summed E-state index contributed by atoms with van der Waals surface area (Å²) in [6, 6.07) is 9.86. The van der Waals surface area contributed by atoms with Crippen molar-refractivity contribution < 1.29 is 4.74 Å². The number of nitrogens with zero attached hydrogens (tertiary/aromatic N) is 1. The molecule has 0 radical (unpaired) electrons. The Morgan fingerprint density at radius 2 is 2.00 bits per heavy atom. The second-order valence-corrected chi connectivity index (χ2v) is 6.23. The van der Waals surface area contributed by atoms with Crippen LogP contribution in [0, 0.1) is 0 Å². The van der Waals surface area contributed by atoms with E-state index in [1.807, 2.05) is 0 Å². The molecule has 0 aromatic heterocycles. The van der Waals surface area contributed by atoms with Gasteiger partial charge in [0.1, 0.15) is 5.75 Å². The number of ether oxygens (including phenoxy) is 1. The van der Waals surface area contributed by atoms with E-state index >= 15 is 0 Å². The third kappa shape index (κ3) is 5.01. The average molecular weight is 290 g/mol. The Bertz CT molecular complexity index is 404. The normalized spacial score (nSPS) is 22.5. The van der Waals surface area contributed by atoms with Crippen LogP contribution in [0.1, 0.15) is 44.6 Å². The molecule has 1 aromatic carbocycles. The zero-order valence-corrected chi connectivity index (χ0v) is 13.8. The molecule has 1 saturated carbocycles. The summed E-state index contributed by atoms with van der Waals surface area (Å²) in [5.74, 6) is 0.933. The molecule has 0 heterocycles. The quantitative estimate of drug-likeness (QED) is 0.832. The van der Waals surface area contributed by atoms with E-state index in [-0.39, 0.29) is 0 Å². The highest BCUT2D eigenvalue weighted by atomic mass is 16.5. The highest BCUT2D eigenvalue weighted by molar-refractivity contribution is 5.27. The molecule has 1 fully saturated rings. The summed E-state index contributed by atoms with van der Waals surface area (Å²) in [4.78, 5) is 2.52. The van der Waals surface area contributed by atoms with Gasteiger partial charge < -0.3 is 10.1 Å². The van der Waals surface area contributed by atoms with Crippen LogP contribution in [0.5, 0.6) is 5.75 Å². The predicted octanol–water partition coefficient (Wildman–Crippen LogP) is 3.44. The van der Waals surface area contributed by atoms with Gasteiger partial charge in [-0.15, -0.1) is 0 Å². The minimum atomic E-state index is 0.704. The van der Waals surface area contributed by atoms with E-state index in [0.717, 1.165) is 18.8 Å². The molecule has 0 bridgehead atoms. The molecule has 1 aliphatic rings. The molecule has 0 spiro atoms. The number of hydrogen-bond acceptors (Lipinski definition) is 3. The van der Waals surface area contributed by atoms with Gasteiger partial charge in [-0.1, -0.05) is 25.5 Å². The Morgan fingerprint density at radius 1 is 1.24 bits per heavy atom. The first kappa shape index (κ1) is 16.3. The number of nitrogens with one attached hydrogen (secondary N) is 1. The van der Waals surface area contributed by atoms with E-state index in [4.69, 9.17) is 4.74 Å². The highest BCUT2D eigenvalue weighted by Crippen LogP contribution is 2.24. The van der Waals surface area contributed by atoms with Crippen molar-refractivity contribution in [3.8, 4) is 5.75 Å². The molecule has 3 nitrogen and oxygen atoms in total. The standard InChI is InChI=1S/C18H30N2O/c1-4-12-19-16-6-5-7-17(13-16)20(2)14-15-8-10-18(21-3)11-9-15/h8-11,16-17,19H,4-7,12-14H2,1-3H3. The fourth-order valence-corrected chi connectivity index (χ4v) is 3.25. The summed E-state index contributed by atoms with van der Waals surface area (Å²) in [5.41, 5.74) is 1.36. The molecular weight excluding hydrogens is 260 g/mol. The topological polar surface area (TPSA) is 24.5 Å². The molecule has 3 heteroatoms. The van der Waals surface area contributed by atoms with E-state index in [0.29, 0.717) is 12.1 Å². The highest BCUT2D eigenvalue weighted by Gasteiger charge is 2.24. The monoisotopic (exact) mass is 290 g/mol. The Labute approximate surface area is 129 Å². The maximum Gasteiger partial charge on any atom is 0.118 e. The van der Waals surface area contributed by atoms with Crippen LogP contribution in [-0.4, -0.2) is 37.7 Å². The third-order valence-corrected chi connectivity index (χ3v) is 4.54. The van der Waals surface area contributed by atoms with Gasteiger partial charge in [0.25, 0.3) is 0 Å². The van der Waals surface area contributed by atoms with Crippen LogP contribution in [0.3, 0.4) is 0 Å². The predicted molar refractivity (Wildman–Crippen MR) is 88.8 cm³/mol. The Morgan fingerprint density at radius 3 is 2.67 bits per heavy atom. The van der Waals surface area contributed by atoms with E-state index in [1.165, 1.54) is 37.7 Å². The van der Waals surface area contributed by atoms with E-state index in [9.17, 15) is 0 Å². The molecule has 2 atom stereocenters. The van der Waals surface area contributed by atoms with Crippen molar-refractivity contribution in [2.45, 2.75) is 57.7 Å². The van der Waals surface area contributed by atoms with Crippen molar-refractivity contribution in [3.05, 3.63) is 29.8 Å². The van der Waals surface area contributed by atoms with Crippen LogP contribution in [0.15, 0.2) is 24.3 Å². The van der Waals surface area contributed by atoms with Gasteiger partial charge in [-0.05, 0) is 57.0 Å². The molecule has 2 rings (SSSR count). The van der Waals surface area contributed by atoms with Crippen molar-refractivity contribution in [2.75, 3.05) is 20.7 Å². The molecule has 0 amide bonds. The second-order valence-electron chi connectivity index (χ2n) is 6.23. The van der Waals surface area contributed by atoms with Crippen molar-refractivity contribution in [1.82, 2.24) is 10.2 Å². The second kappa shape index (κ2) is 8.40. The van der Waals surface area contributed by atoms with E-state index < -0.39 is 0 Å². The largest absolute Gasteiger partial charge is 0.497 e. The van der Waals surface area contributed by atoms with Crippen molar-refractivity contribution in [1.29, 1.82) is 0 Å². The summed E-state index contributed by atoms with van der Waals surface area (Å²) in [6.45, 7) is 4.41. The Balaban J connectivity index is 1.85. The molecule has 21 heavy (non-hydrogen) atoms. The number of methoxy groups -OCH3 is 1. The fourth-order valence-electron chi connectivity index (χ4n) is 3.25. The lowest BCUT2D eigenvalue weighted by molar-refractivity contribution is 0.163. The maximum atomic E-state index is 5.22. The first-order valence-corrected chi connectivity index (χ1v) is 8.29. The van der Waals surface area contributed by atoms with Crippen LogP contribution in [0.2, 0.25) is 0 Å². The minimum absolute atomic E-state index is 0.704. The molecule has 1 N–H and O–H groups in total. The van der Waals surface area contributed by atoms with Gasteiger partial charge in [-0.2, -0.15) is 0 Å². The Hall–Kier alpha value is -1.06. The maximum absolute atomic E-state index is 5.22. The summed E-state index contributed by atoms with van der Waals surface area (Å²) >= 11 is 0. The van der Waals surface area contributed by atoms with Crippen molar-refractivity contribution in [3.63, 3.8) is 0 Å². The van der Waals surface area contributed by atoms with E-state index in [2.05, 4.69) is 48.5 Å². The lowest BCUT2D eigenvalue weighted by Gasteiger charge is -2.36. The first-order chi connectivity index (χ1) is 10.2. The lowest BCUT2D eigenvalue weighted by atomic mass is 9.90. The van der Waals surface area contributed by atoms with Gasteiger partial charge in [-0.3, -0.25) is 4.90 Å². The van der Waals surface area contributed by atoms with Gasteiger partial charge in [0.15, 0.2) is 0 Å². The molecule has 1 aromatic rings. The SMILES string of the molecule is CCCNC1CCCC(N(C)Cc2ccc(OC)cc2)C1. The zero-order valence-electron chi connectivity index (χ0n) is 13.8. The van der Waals surface area contributed by atoms with Crippen LogP contribution in [0.4, 0.5) is 0 Å². The van der Waals surface area contributed by atoms with E-state index in [1.54, 1.807) is 7.11 Å². The zero-order chi connectivity index (χ0) is 15.1. The van der Waals surface area contributed by atoms with Gasteiger partial charge in [-0.25, -0.2) is 0 Å². The van der Waals surface area contributed by atoms with Gasteiger partial charge in [0, 0.05) is 18.6 Å². The van der Waals surface area contributed by atoms with Crippen LogP contribution in [0.25, 0.3) is 0 Å². The molecule has 2 unspecified atom stereocenters. The molecular formula is C18H30N2O. The summed E-state index contributed by atoms with van der Waals surface area (Å²) < 4.78 is 5.22. The average Bonchev–Trinajstić information content (AvgIpc) is 2.54. The number of hydrogen-bond donors (Lipinski definition) is 1. The van der Waals surface area contributed by atoms with Gasteiger partial charge >= 0.3 is 0 Å². The molecule has 118 valence electrons. The lowest BCUT2D eigenvalue weighted by Crippen LogP contribution is -2.42. The van der Waals surface area contributed by atoms with Gasteiger partial charge in [0.05, 0.1) is 7.11 Å². The number of rotatable bonds is 7. The van der Waals surface area contributed by atoms with Crippen LogP contribution >= 0.6 is 0 Å². The van der Waals surface area contributed by atoms with Crippen molar-refractivity contribution in [2.24, 2.45) is 0 Å². The third-order valence-electron chi connectivity index (χ3n) is 4.54. The molecule has 0 saturated heterocycles. The Kier molecular flexibility index (Phi) is 6.52. The molecule has 1 aliphatic carbocycles. The number of benzene rings is 1. The van der Waals surface area contributed by atoms with Crippen molar-refractivity contribution >= 4 is 0 Å².